The van der Waals surface area contributed by atoms with Crippen LogP contribution in [0.5, 0.6) is 0 Å². The summed E-state index contributed by atoms with van der Waals surface area (Å²) in [5.74, 6) is -2.26. The van der Waals surface area contributed by atoms with Crippen LogP contribution in [0, 0.1) is 0 Å². The van der Waals surface area contributed by atoms with Crippen molar-refractivity contribution in [2.75, 3.05) is 14.1 Å². The molecule has 1 rings (SSSR count). The minimum absolute atomic E-state index is 0.00996. The number of hydrogen-bond donors (Lipinski definition) is 1. The Labute approximate surface area is 127 Å². The highest BCUT2D eigenvalue weighted by atomic mass is 35.5. The van der Waals surface area contributed by atoms with Crippen LogP contribution < -0.4 is 10.4 Å². The fourth-order valence-electron chi connectivity index (χ4n) is 1.38. The highest BCUT2D eigenvalue weighted by molar-refractivity contribution is 7.89. The van der Waals surface area contributed by atoms with Gasteiger partial charge < -0.3 is 15.2 Å². The maximum Gasteiger partial charge on any atom is 0.253 e. The Hall–Kier alpha value is -1.64. The smallest absolute Gasteiger partial charge is 0.253 e. The van der Waals surface area contributed by atoms with Crippen molar-refractivity contribution < 1.29 is 23.1 Å². The molecule has 0 aliphatic rings. The van der Waals surface area contributed by atoms with E-state index in [1.165, 1.54) is 33.2 Å². The first kappa shape index (κ1) is 17.4. The third kappa shape index (κ3) is 3.93. The number of benzene rings is 1. The molecule has 7 nitrogen and oxygen atoms in total. The Morgan fingerprint density at radius 3 is 2.38 bits per heavy atom. The van der Waals surface area contributed by atoms with Gasteiger partial charge in [-0.1, -0.05) is 11.6 Å². The van der Waals surface area contributed by atoms with E-state index in [1.807, 2.05) is 0 Å². The number of hydrogen-bond acceptors (Lipinski definition) is 5. The standard InChI is InChI=1S/C12H15ClN2O5S/c1-7(12(17)18)14-11(16)9-6-8(4-5-10(9)13)21(19,20)15(2)3/h4-7H,1-3H3,(H,14,16)(H,17,18)/p-1/t7-/m1/s1. The van der Waals surface area contributed by atoms with Gasteiger partial charge in [-0.05, 0) is 25.1 Å². The Morgan fingerprint density at radius 1 is 1.33 bits per heavy atom. The van der Waals surface area contributed by atoms with Gasteiger partial charge in [0.25, 0.3) is 5.91 Å². The van der Waals surface area contributed by atoms with Crippen LogP contribution in [0.2, 0.25) is 5.02 Å². The van der Waals surface area contributed by atoms with Crippen molar-refractivity contribution >= 4 is 33.5 Å². The van der Waals surface area contributed by atoms with Crippen LogP contribution in [-0.2, 0) is 14.8 Å². The van der Waals surface area contributed by atoms with Crippen molar-refractivity contribution in [2.45, 2.75) is 17.9 Å². The van der Waals surface area contributed by atoms with Gasteiger partial charge in [0, 0.05) is 14.1 Å². The fourth-order valence-corrected chi connectivity index (χ4v) is 2.51. The number of carboxylic acid groups (broad SMARTS) is 1. The summed E-state index contributed by atoms with van der Waals surface area (Å²) in [4.78, 5) is 22.4. The summed E-state index contributed by atoms with van der Waals surface area (Å²) in [6, 6.07) is 2.38. The molecular formula is C12H14ClN2O5S-. The topological polar surface area (TPSA) is 107 Å². The van der Waals surface area contributed by atoms with Crippen molar-refractivity contribution in [3.63, 3.8) is 0 Å². The number of nitrogens with zero attached hydrogens (tertiary/aromatic N) is 1. The van der Waals surface area contributed by atoms with E-state index in [0.717, 1.165) is 10.4 Å². The predicted octanol–water partition coefficient (Wildman–Crippen LogP) is -0.541. The van der Waals surface area contributed by atoms with Gasteiger partial charge in [0.2, 0.25) is 10.0 Å². The van der Waals surface area contributed by atoms with Gasteiger partial charge in [-0.3, -0.25) is 4.79 Å². The van der Waals surface area contributed by atoms with Gasteiger partial charge in [-0.25, -0.2) is 12.7 Å². The minimum atomic E-state index is -3.73. The molecule has 0 aliphatic heterocycles. The molecule has 1 N–H and O–H groups in total. The largest absolute Gasteiger partial charge is 0.548 e. The molecule has 116 valence electrons. The van der Waals surface area contributed by atoms with Crippen LogP contribution in [0.3, 0.4) is 0 Å². The summed E-state index contributed by atoms with van der Waals surface area (Å²) >= 11 is 5.85. The van der Waals surface area contributed by atoms with Gasteiger partial charge in [-0.2, -0.15) is 0 Å². The Kier molecular flexibility index (Phi) is 5.32. The number of rotatable bonds is 5. The molecule has 0 spiro atoms. The lowest BCUT2D eigenvalue weighted by Gasteiger charge is -2.16. The van der Waals surface area contributed by atoms with E-state index < -0.39 is 27.9 Å². The van der Waals surface area contributed by atoms with Crippen LogP contribution in [0.4, 0.5) is 0 Å². The van der Waals surface area contributed by atoms with Crippen molar-refractivity contribution in [3.8, 4) is 0 Å². The molecule has 0 fully saturated rings. The maximum absolute atomic E-state index is 12.0. The van der Waals surface area contributed by atoms with E-state index in [0.29, 0.717) is 0 Å². The molecule has 0 saturated carbocycles. The highest BCUT2D eigenvalue weighted by Gasteiger charge is 2.21. The van der Waals surface area contributed by atoms with Gasteiger partial charge in [0.1, 0.15) is 0 Å². The van der Waals surface area contributed by atoms with E-state index in [4.69, 9.17) is 11.6 Å². The molecule has 0 bridgehead atoms. The second-order valence-electron chi connectivity index (χ2n) is 4.44. The number of carbonyl (C=O) groups is 2. The van der Waals surface area contributed by atoms with Crippen molar-refractivity contribution in [3.05, 3.63) is 28.8 Å². The second kappa shape index (κ2) is 6.42. The third-order valence-corrected chi connectivity index (χ3v) is 4.80. The number of aliphatic carboxylic acids is 1. The van der Waals surface area contributed by atoms with E-state index in [2.05, 4.69) is 5.32 Å². The number of carbonyl (C=O) groups excluding carboxylic acids is 2. The maximum atomic E-state index is 12.0. The molecular weight excluding hydrogens is 320 g/mol. The van der Waals surface area contributed by atoms with E-state index in [-0.39, 0.29) is 15.5 Å². The summed E-state index contributed by atoms with van der Waals surface area (Å²) < 4.78 is 25.0. The average molecular weight is 334 g/mol. The van der Waals surface area contributed by atoms with Crippen molar-refractivity contribution in [1.29, 1.82) is 0 Å². The lowest BCUT2D eigenvalue weighted by Crippen LogP contribution is -2.46. The zero-order chi connectivity index (χ0) is 16.4. The second-order valence-corrected chi connectivity index (χ2v) is 7.00. The molecule has 1 amide bonds. The first-order valence-corrected chi connectivity index (χ1v) is 7.63. The molecule has 1 aromatic rings. The summed E-state index contributed by atoms with van der Waals surface area (Å²) in [7, 11) is -1.03. The Balaban J connectivity index is 3.20. The molecule has 0 aliphatic carbocycles. The van der Waals surface area contributed by atoms with Crippen LogP contribution in [-0.4, -0.2) is 44.7 Å². The zero-order valence-corrected chi connectivity index (χ0v) is 13.2. The number of carboxylic acids is 1. The molecule has 0 saturated heterocycles. The van der Waals surface area contributed by atoms with Crippen LogP contribution in [0.25, 0.3) is 0 Å². The molecule has 0 unspecified atom stereocenters. The van der Waals surface area contributed by atoms with Crippen LogP contribution in [0.1, 0.15) is 17.3 Å². The van der Waals surface area contributed by atoms with Crippen molar-refractivity contribution in [2.24, 2.45) is 0 Å². The third-order valence-electron chi connectivity index (χ3n) is 2.66. The quantitative estimate of drug-likeness (QED) is 0.778. The first-order valence-electron chi connectivity index (χ1n) is 5.81. The fraction of sp³-hybridized carbons (Fsp3) is 0.333. The highest BCUT2D eigenvalue weighted by Crippen LogP contribution is 2.22. The zero-order valence-electron chi connectivity index (χ0n) is 11.6. The van der Waals surface area contributed by atoms with Crippen molar-refractivity contribution in [1.82, 2.24) is 9.62 Å². The van der Waals surface area contributed by atoms with E-state index in [9.17, 15) is 23.1 Å². The lowest BCUT2D eigenvalue weighted by molar-refractivity contribution is -0.307. The molecule has 0 aromatic heterocycles. The van der Waals surface area contributed by atoms with Gasteiger partial charge in [0.15, 0.2) is 0 Å². The molecule has 1 aromatic carbocycles. The first-order chi connectivity index (χ1) is 9.57. The summed E-state index contributed by atoms with van der Waals surface area (Å²) in [6.07, 6.45) is 0. The predicted molar refractivity (Wildman–Crippen MR) is 74.3 cm³/mol. The van der Waals surface area contributed by atoms with Gasteiger partial charge >= 0.3 is 0 Å². The van der Waals surface area contributed by atoms with Crippen LogP contribution in [0.15, 0.2) is 23.1 Å². The van der Waals surface area contributed by atoms with Crippen LogP contribution >= 0.6 is 11.6 Å². The van der Waals surface area contributed by atoms with Gasteiger partial charge in [-0.15, -0.1) is 0 Å². The SMILES string of the molecule is C[C@@H](NC(=O)c1cc(S(=O)(=O)N(C)C)ccc1Cl)C(=O)[O-]. The number of amides is 1. The molecule has 1 atom stereocenters. The molecule has 0 heterocycles. The Morgan fingerprint density at radius 2 is 1.90 bits per heavy atom. The monoisotopic (exact) mass is 333 g/mol. The lowest BCUT2D eigenvalue weighted by atomic mass is 10.2. The number of nitrogens with one attached hydrogen (secondary N) is 1. The molecule has 9 heteroatoms. The summed E-state index contributed by atoms with van der Waals surface area (Å²) in [5, 5.41) is 12.8. The van der Waals surface area contributed by atoms with E-state index >= 15 is 0 Å². The average Bonchev–Trinajstić information content (AvgIpc) is 2.38. The molecule has 21 heavy (non-hydrogen) atoms. The minimum Gasteiger partial charge on any atom is -0.548 e. The summed E-state index contributed by atoms with van der Waals surface area (Å²) in [6.45, 7) is 1.22. The van der Waals surface area contributed by atoms with E-state index in [1.54, 1.807) is 0 Å². The molecule has 0 radical (unpaired) electrons. The summed E-state index contributed by atoms with van der Waals surface area (Å²) in [5.41, 5.74) is -0.132. The normalized spacial score (nSPS) is 13.0. The number of halogens is 1. The number of sulfonamides is 1. The van der Waals surface area contributed by atoms with Gasteiger partial charge in [0.05, 0.1) is 27.5 Å². The Bertz CT molecular complexity index is 672.